The maximum atomic E-state index is 12.4. The van der Waals surface area contributed by atoms with E-state index in [-0.39, 0.29) is 5.56 Å². The van der Waals surface area contributed by atoms with E-state index in [0.29, 0.717) is 10.0 Å². The second-order valence-corrected chi connectivity index (χ2v) is 4.80. The summed E-state index contributed by atoms with van der Waals surface area (Å²) in [5, 5.41) is 0. The third-order valence-corrected chi connectivity index (χ3v) is 2.94. The molecule has 0 atom stereocenters. The molecule has 0 radical (unpaired) electrons. The van der Waals surface area contributed by atoms with Crippen LogP contribution in [0.15, 0.2) is 53.0 Å². The van der Waals surface area contributed by atoms with Crippen LogP contribution in [0, 0.1) is 0 Å². The third-order valence-electron chi connectivity index (χ3n) is 2.45. The van der Waals surface area contributed by atoms with Crippen LogP contribution in [0.2, 0.25) is 0 Å². The fraction of sp³-hybridized carbons (Fsp3) is 0.0714. The zero-order chi connectivity index (χ0) is 14.8. The molecular formula is C14H8BrF3O2. The van der Waals surface area contributed by atoms with E-state index in [1.807, 2.05) is 0 Å². The summed E-state index contributed by atoms with van der Waals surface area (Å²) in [5.74, 6) is -1.06. The Balaban J connectivity index is 2.43. The quantitative estimate of drug-likeness (QED) is 0.762. The molecule has 0 saturated heterocycles. The van der Waals surface area contributed by atoms with Gasteiger partial charge in [0.2, 0.25) is 0 Å². The maximum Gasteiger partial charge on any atom is 0.573 e. The van der Waals surface area contributed by atoms with E-state index in [2.05, 4.69) is 20.7 Å². The molecule has 0 aliphatic carbocycles. The molecule has 0 fully saturated rings. The highest BCUT2D eigenvalue weighted by Gasteiger charge is 2.33. The Kier molecular flexibility index (Phi) is 4.13. The lowest BCUT2D eigenvalue weighted by Crippen LogP contribution is -2.19. The number of ether oxygens (including phenoxy) is 1. The number of rotatable bonds is 3. The Bertz CT molecular complexity index is 624. The first-order valence-electron chi connectivity index (χ1n) is 5.52. The lowest BCUT2D eigenvalue weighted by atomic mass is 10.0. The van der Waals surface area contributed by atoms with Crippen molar-refractivity contribution in [2.45, 2.75) is 6.36 Å². The number of carbonyl (C=O) groups excluding carboxylic acids is 1. The van der Waals surface area contributed by atoms with Crippen LogP contribution < -0.4 is 4.74 Å². The van der Waals surface area contributed by atoms with E-state index < -0.39 is 17.9 Å². The largest absolute Gasteiger partial charge is 0.573 e. The van der Waals surface area contributed by atoms with Gasteiger partial charge < -0.3 is 4.74 Å². The fourth-order valence-corrected chi connectivity index (χ4v) is 1.98. The van der Waals surface area contributed by atoms with Crippen molar-refractivity contribution in [1.82, 2.24) is 0 Å². The fourth-order valence-electron chi connectivity index (χ4n) is 1.64. The lowest BCUT2D eigenvalue weighted by molar-refractivity contribution is -0.274. The number of alkyl halides is 3. The van der Waals surface area contributed by atoms with Crippen LogP contribution in [-0.4, -0.2) is 12.1 Å². The van der Waals surface area contributed by atoms with Gasteiger partial charge in [-0.1, -0.05) is 46.3 Å². The molecule has 0 aromatic heterocycles. The van der Waals surface area contributed by atoms with Crippen LogP contribution in [0.5, 0.6) is 5.75 Å². The van der Waals surface area contributed by atoms with Gasteiger partial charge in [0.25, 0.3) is 0 Å². The van der Waals surface area contributed by atoms with E-state index in [4.69, 9.17) is 0 Å². The molecule has 0 aliphatic rings. The summed E-state index contributed by atoms with van der Waals surface area (Å²) in [7, 11) is 0. The van der Waals surface area contributed by atoms with E-state index in [1.165, 1.54) is 24.3 Å². The van der Waals surface area contributed by atoms with Crippen LogP contribution in [-0.2, 0) is 0 Å². The predicted molar refractivity (Wildman–Crippen MR) is 70.7 cm³/mol. The monoisotopic (exact) mass is 344 g/mol. The molecule has 0 heterocycles. The summed E-state index contributed by atoms with van der Waals surface area (Å²) >= 11 is 3.05. The molecule has 2 nitrogen and oxygen atoms in total. The van der Waals surface area contributed by atoms with Crippen molar-refractivity contribution in [2.24, 2.45) is 0 Å². The Hall–Kier alpha value is -1.82. The van der Waals surface area contributed by atoms with Gasteiger partial charge in [-0.2, -0.15) is 0 Å². The molecule has 0 amide bonds. The number of benzene rings is 2. The number of halogens is 4. The number of hydrogen-bond acceptors (Lipinski definition) is 2. The van der Waals surface area contributed by atoms with Gasteiger partial charge in [-0.3, -0.25) is 4.79 Å². The van der Waals surface area contributed by atoms with Crippen molar-refractivity contribution in [1.29, 1.82) is 0 Å². The van der Waals surface area contributed by atoms with Gasteiger partial charge in [0.1, 0.15) is 5.75 Å². The number of carbonyl (C=O) groups is 1. The summed E-state index contributed by atoms with van der Waals surface area (Å²) in [5.41, 5.74) is 0.151. The van der Waals surface area contributed by atoms with Gasteiger partial charge in [-0.15, -0.1) is 13.2 Å². The topological polar surface area (TPSA) is 26.3 Å². The lowest BCUT2D eigenvalue weighted by Gasteiger charge is -2.13. The second-order valence-electron chi connectivity index (χ2n) is 3.88. The minimum Gasteiger partial charge on any atom is -0.405 e. The summed E-state index contributed by atoms with van der Waals surface area (Å²) in [4.78, 5) is 12.2. The molecule has 104 valence electrons. The van der Waals surface area contributed by atoms with Gasteiger partial charge in [0, 0.05) is 10.0 Å². The smallest absolute Gasteiger partial charge is 0.405 e. The van der Waals surface area contributed by atoms with E-state index in [0.717, 1.165) is 6.07 Å². The highest BCUT2D eigenvalue weighted by molar-refractivity contribution is 9.10. The van der Waals surface area contributed by atoms with Crippen LogP contribution in [0.4, 0.5) is 13.2 Å². The molecule has 0 aliphatic heterocycles. The molecule has 0 saturated carbocycles. The average molecular weight is 345 g/mol. The Morgan fingerprint density at radius 2 is 1.70 bits per heavy atom. The molecule has 2 aromatic rings. The standard InChI is InChI=1S/C14H8BrF3O2/c15-10-6-7-11(12(8-10)20-14(16,17)18)13(19)9-4-2-1-3-5-9/h1-8H. The first-order chi connectivity index (χ1) is 9.37. The van der Waals surface area contributed by atoms with Crippen molar-refractivity contribution < 1.29 is 22.7 Å². The molecule has 0 unspecified atom stereocenters. The van der Waals surface area contributed by atoms with Gasteiger partial charge >= 0.3 is 6.36 Å². The Labute approximate surface area is 121 Å². The molecule has 0 N–H and O–H groups in total. The van der Waals surface area contributed by atoms with Gasteiger partial charge in [-0.05, 0) is 18.2 Å². The molecule has 2 aromatic carbocycles. The molecule has 0 spiro atoms. The minimum atomic E-state index is -4.85. The second kappa shape index (κ2) is 5.66. The van der Waals surface area contributed by atoms with Gasteiger partial charge in [0.15, 0.2) is 5.78 Å². The molecule has 2 rings (SSSR count). The van der Waals surface area contributed by atoms with Gasteiger partial charge in [0.05, 0.1) is 5.56 Å². The Morgan fingerprint density at radius 3 is 2.30 bits per heavy atom. The predicted octanol–water partition coefficient (Wildman–Crippen LogP) is 4.58. The van der Waals surface area contributed by atoms with Crippen molar-refractivity contribution in [3.63, 3.8) is 0 Å². The van der Waals surface area contributed by atoms with E-state index >= 15 is 0 Å². The number of ketones is 1. The summed E-state index contributed by atoms with van der Waals surface area (Å²) in [6.45, 7) is 0. The van der Waals surface area contributed by atoms with Crippen molar-refractivity contribution in [3.8, 4) is 5.75 Å². The maximum absolute atomic E-state index is 12.4. The zero-order valence-electron chi connectivity index (χ0n) is 9.95. The molecule has 6 heteroatoms. The summed E-state index contributed by atoms with van der Waals surface area (Å²) in [6.07, 6.45) is -4.85. The minimum absolute atomic E-state index is 0.142. The molecular weight excluding hydrogens is 337 g/mol. The molecule has 20 heavy (non-hydrogen) atoms. The first kappa shape index (κ1) is 14.6. The van der Waals surface area contributed by atoms with Crippen LogP contribution >= 0.6 is 15.9 Å². The van der Waals surface area contributed by atoms with Gasteiger partial charge in [-0.25, -0.2) is 0 Å². The number of hydrogen-bond donors (Lipinski definition) is 0. The van der Waals surface area contributed by atoms with Crippen LogP contribution in [0.3, 0.4) is 0 Å². The SMILES string of the molecule is O=C(c1ccccc1)c1ccc(Br)cc1OC(F)(F)F. The van der Waals surface area contributed by atoms with Crippen LogP contribution in [0.1, 0.15) is 15.9 Å². The molecule has 0 bridgehead atoms. The highest BCUT2D eigenvalue weighted by atomic mass is 79.9. The first-order valence-corrected chi connectivity index (χ1v) is 6.31. The van der Waals surface area contributed by atoms with E-state index in [1.54, 1.807) is 18.2 Å². The third kappa shape index (κ3) is 3.60. The summed E-state index contributed by atoms with van der Waals surface area (Å²) in [6, 6.07) is 11.9. The highest BCUT2D eigenvalue weighted by Crippen LogP contribution is 2.30. The zero-order valence-corrected chi connectivity index (χ0v) is 11.5. The Morgan fingerprint density at radius 1 is 1.05 bits per heavy atom. The van der Waals surface area contributed by atoms with Crippen LogP contribution in [0.25, 0.3) is 0 Å². The average Bonchev–Trinajstić information content (AvgIpc) is 2.37. The normalized spacial score (nSPS) is 11.2. The summed E-state index contributed by atoms with van der Waals surface area (Å²) < 4.78 is 41.4. The van der Waals surface area contributed by atoms with E-state index in [9.17, 15) is 18.0 Å². The van der Waals surface area contributed by atoms with Crippen molar-refractivity contribution >= 4 is 21.7 Å². The van der Waals surface area contributed by atoms with Crippen molar-refractivity contribution in [3.05, 3.63) is 64.1 Å². The van der Waals surface area contributed by atoms with Crippen molar-refractivity contribution in [2.75, 3.05) is 0 Å².